The second kappa shape index (κ2) is 12.1. The number of hydrogen-bond acceptors (Lipinski definition) is 10. The van der Waals surface area contributed by atoms with Gasteiger partial charge in [0.1, 0.15) is 18.0 Å². The van der Waals surface area contributed by atoms with Crippen LogP contribution in [0, 0.1) is 17.0 Å². The number of ether oxygens (including phenoxy) is 3. The Morgan fingerprint density at radius 2 is 1.59 bits per heavy atom. The molecule has 206 valence electrons. The molecular weight excluding hydrogens is 524 g/mol. The van der Waals surface area contributed by atoms with Crippen molar-refractivity contribution in [3.63, 3.8) is 0 Å². The predicted molar refractivity (Wildman–Crippen MR) is 149 cm³/mol. The summed E-state index contributed by atoms with van der Waals surface area (Å²) in [5.74, 6) is 0.219. The first-order valence-corrected chi connectivity index (χ1v) is 13.6. The number of carbonyl (C=O) groups excluding carboxylic acids is 2. The third kappa shape index (κ3) is 6.18. The monoisotopic (exact) mass is 554 g/mol. The normalized spacial score (nSPS) is 19.2. The van der Waals surface area contributed by atoms with E-state index in [9.17, 15) is 19.7 Å². The van der Waals surface area contributed by atoms with E-state index >= 15 is 0 Å². The van der Waals surface area contributed by atoms with Crippen LogP contribution in [0.2, 0.25) is 0 Å². The Labute approximate surface area is 230 Å². The molecule has 3 heterocycles. The molecule has 3 saturated heterocycles. The number of benzene rings is 2. The molecule has 0 radical (unpaired) electrons. The van der Waals surface area contributed by atoms with Crippen molar-refractivity contribution >= 4 is 46.0 Å². The molecule has 0 N–H and O–H groups in total. The quantitative estimate of drug-likeness (QED) is 0.272. The zero-order valence-electron chi connectivity index (χ0n) is 21.7. The summed E-state index contributed by atoms with van der Waals surface area (Å²) < 4.78 is 16.6. The summed E-state index contributed by atoms with van der Waals surface area (Å²) >= 11 is 0.830. The predicted octanol–water partition coefficient (Wildman–Crippen LogP) is 3.69. The topological polar surface area (TPSA) is 115 Å². The SMILES string of the molecule is Cc1ccc(OCCN2C(=O)S/C(=C\c3cc([N+](=O)[O-])c(N4CCOCC4)cc3N3CCOCC3)C2=O)cc1. The number of anilines is 2. The molecule has 39 heavy (non-hydrogen) atoms. The summed E-state index contributed by atoms with van der Waals surface area (Å²) in [6.07, 6.45) is 1.59. The maximum Gasteiger partial charge on any atom is 0.293 e. The lowest BCUT2D eigenvalue weighted by Gasteiger charge is -2.33. The van der Waals surface area contributed by atoms with E-state index in [-0.39, 0.29) is 23.7 Å². The van der Waals surface area contributed by atoms with Gasteiger partial charge in [-0.1, -0.05) is 17.7 Å². The van der Waals surface area contributed by atoms with E-state index in [1.54, 1.807) is 6.08 Å². The van der Waals surface area contributed by atoms with Crippen molar-refractivity contribution in [1.82, 2.24) is 4.90 Å². The van der Waals surface area contributed by atoms with Gasteiger partial charge in [-0.05, 0) is 43.0 Å². The van der Waals surface area contributed by atoms with Gasteiger partial charge in [-0.15, -0.1) is 0 Å². The number of imide groups is 1. The van der Waals surface area contributed by atoms with Gasteiger partial charge < -0.3 is 24.0 Å². The summed E-state index contributed by atoms with van der Waals surface area (Å²) in [5, 5.41) is 11.7. The first kappa shape index (κ1) is 27.0. The molecule has 3 aliphatic rings. The number of amides is 2. The first-order chi connectivity index (χ1) is 18.9. The van der Waals surface area contributed by atoms with Gasteiger partial charge in [0.15, 0.2) is 0 Å². The van der Waals surface area contributed by atoms with Gasteiger partial charge in [-0.3, -0.25) is 24.6 Å². The van der Waals surface area contributed by atoms with Gasteiger partial charge in [0.2, 0.25) is 0 Å². The fourth-order valence-corrected chi connectivity index (χ4v) is 5.56. The lowest BCUT2D eigenvalue weighted by molar-refractivity contribution is -0.384. The first-order valence-electron chi connectivity index (χ1n) is 12.8. The van der Waals surface area contributed by atoms with Crippen LogP contribution >= 0.6 is 11.8 Å². The lowest BCUT2D eigenvalue weighted by Crippen LogP contribution is -2.38. The molecule has 0 saturated carbocycles. The molecule has 5 rings (SSSR count). The summed E-state index contributed by atoms with van der Waals surface area (Å²) in [6.45, 7) is 6.60. The van der Waals surface area contributed by atoms with Crippen LogP contribution in [0.4, 0.5) is 21.9 Å². The molecule has 3 aliphatic heterocycles. The number of nitrogens with zero attached hydrogens (tertiary/aromatic N) is 4. The van der Waals surface area contributed by atoms with E-state index in [1.807, 2.05) is 42.2 Å². The van der Waals surface area contributed by atoms with E-state index in [0.717, 1.165) is 27.9 Å². The van der Waals surface area contributed by atoms with Gasteiger partial charge in [-0.25, -0.2) is 0 Å². The molecule has 0 aliphatic carbocycles. The van der Waals surface area contributed by atoms with Crippen LogP contribution in [-0.4, -0.2) is 86.7 Å². The largest absolute Gasteiger partial charge is 0.492 e. The molecule has 3 fully saturated rings. The van der Waals surface area contributed by atoms with Crippen LogP contribution < -0.4 is 14.5 Å². The van der Waals surface area contributed by atoms with Crippen LogP contribution in [0.5, 0.6) is 5.75 Å². The van der Waals surface area contributed by atoms with Gasteiger partial charge in [-0.2, -0.15) is 0 Å². The Kier molecular flexibility index (Phi) is 8.34. The van der Waals surface area contributed by atoms with Crippen molar-refractivity contribution < 1.29 is 28.7 Å². The summed E-state index contributed by atoms with van der Waals surface area (Å²) in [5.41, 5.74) is 2.85. The number of aryl methyl sites for hydroxylation is 1. The van der Waals surface area contributed by atoms with E-state index in [2.05, 4.69) is 4.90 Å². The van der Waals surface area contributed by atoms with Crippen molar-refractivity contribution in [3.05, 3.63) is 62.5 Å². The highest BCUT2D eigenvalue weighted by molar-refractivity contribution is 8.18. The maximum absolute atomic E-state index is 13.2. The average molecular weight is 555 g/mol. The number of nitro groups is 1. The minimum Gasteiger partial charge on any atom is -0.492 e. The second-order valence-electron chi connectivity index (χ2n) is 9.35. The number of nitro benzene ring substituents is 1. The highest BCUT2D eigenvalue weighted by Gasteiger charge is 2.36. The standard InChI is InChI=1S/C27H30N4O7S/c1-19-2-4-21(5-3-19)38-15-10-30-26(32)25(39-27(30)33)17-20-16-24(31(34)35)23(29-8-13-37-14-9-29)18-22(20)28-6-11-36-12-7-28/h2-5,16-18H,6-15H2,1H3/b25-17-. The number of morpholine rings is 2. The molecule has 11 nitrogen and oxygen atoms in total. The maximum atomic E-state index is 13.2. The molecule has 0 bridgehead atoms. The minimum atomic E-state index is -0.439. The Balaban J connectivity index is 1.41. The molecule has 0 atom stereocenters. The summed E-state index contributed by atoms with van der Waals surface area (Å²) in [6, 6.07) is 10.8. The van der Waals surface area contributed by atoms with Crippen molar-refractivity contribution in [1.29, 1.82) is 0 Å². The van der Waals surface area contributed by atoms with Crippen LogP contribution in [-0.2, 0) is 14.3 Å². The number of rotatable bonds is 8. The van der Waals surface area contributed by atoms with Gasteiger partial charge in [0.25, 0.3) is 16.8 Å². The third-order valence-corrected chi connectivity index (χ3v) is 7.70. The fraction of sp³-hybridized carbons (Fsp3) is 0.407. The molecule has 2 aromatic rings. The van der Waals surface area contributed by atoms with E-state index in [1.165, 1.54) is 6.07 Å². The third-order valence-electron chi connectivity index (χ3n) is 6.79. The van der Waals surface area contributed by atoms with Gasteiger partial charge >= 0.3 is 0 Å². The van der Waals surface area contributed by atoms with Gasteiger partial charge in [0, 0.05) is 43.5 Å². The van der Waals surface area contributed by atoms with Crippen LogP contribution in [0.15, 0.2) is 41.3 Å². The van der Waals surface area contributed by atoms with Crippen molar-refractivity contribution in [2.45, 2.75) is 6.92 Å². The zero-order valence-corrected chi connectivity index (χ0v) is 22.5. The summed E-state index contributed by atoms with van der Waals surface area (Å²) in [7, 11) is 0. The second-order valence-corrected chi connectivity index (χ2v) is 10.3. The van der Waals surface area contributed by atoms with Gasteiger partial charge in [0.05, 0.1) is 42.8 Å². The summed E-state index contributed by atoms with van der Waals surface area (Å²) in [4.78, 5) is 43.0. The molecule has 0 aromatic heterocycles. The van der Waals surface area contributed by atoms with Crippen LogP contribution in [0.3, 0.4) is 0 Å². The van der Waals surface area contributed by atoms with Crippen LogP contribution in [0.25, 0.3) is 6.08 Å². The van der Waals surface area contributed by atoms with E-state index in [0.29, 0.717) is 69.6 Å². The molecule has 2 aromatic carbocycles. The fourth-order valence-electron chi connectivity index (χ4n) is 4.70. The molecule has 0 unspecified atom stereocenters. The Morgan fingerprint density at radius 1 is 0.974 bits per heavy atom. The van der Waals surface area contributed by atoms with Crippen molar-refractivity contribution in [3.8, 4) is 5.75 Å². The number of thioether (sulfide) groups is 1. The highest BCUT2D eigenvalue weighted by Crippen LogP contribution is 2.40. The Morgan fingerprint density at radius 3 is 2.21 bits per heavy atom. The highest BCUT2D eigenvalue weighted by atomic mass is 32.2. The Bertz CT molecular complexity index is 1270. The van der Waals surface area contributed by atoms with E-state index < -0.39 is 16.1 Å². The molecular formula is C27H30N4O7S. The molecule has 0 spiro atoms. The van der Waals surface area contributed by atoms with Crippen molar-refractivity contribution in [2.75, 3.05) is 75.6 Å². The smallest absolute Gasteiger partial charge is 0.293 e. The number of carbonyl (C=O) groups is 2. The molecule has 12 heteroatoms. The minimum absolute atomic E-state index is 0.0501. The van der Waals surface area contributed by atoms with Crippen LogP contribution in [0.1, 0.15) is 11.1 Å². The number of hydrogen-bond donors (Lipinski definition) is 0. The average Bonchev–Trinajstić information content (AvgIpc) is 3.22. The lowest BCUT2D eigenvalue weighted by atomic mass is 10.1. The zero-order chi connectivity index (χ0) is 27.4. The Hall–Kier alpha value is -3.61. The van der Waals surface area contributed by atoms with E-state index in [4.69, 9.17) is 14.2 Å². The molecule has 2 amide bonds. The van der Waals surface area contributed by atoms with Crippen molar-refractivity contribution in [2.24, 2.45) is 0 Å².